The van der Waals surface area contributed by atoms with Crippen LogP contribution in [0, 0.1) is 24.1 Å². The number of nitriles is 1. The number of nitrogens with zero attached hydrogens (tertiary/aromatic N) is 4. The average Bonchev–Trinajstić information content (AvgIpc) is 2.81. The Balaban J connectivity index is 1.87. The van der Waals surface area contributed by atoms with Crippen LogP contribution >= 0.6 is 0 Å². The van der Waals surface area contributed by atoms with Crippen molar-refractivity contribution in [1.82, 2.24) is 20.3 Å². The largest absolute Gasteiger partial charge is 0.396 e. The van der Waals surface area contributed by atoms with Crippen LogP contribution in [-0.4, -0.2) is 21.5 Å². The maximum atomic E-state index is 14.7. The SMILES string of the molecule is Cc1c(C#N)cccc1-c1nc(N)c(F)c(/C(N)=C/NCc2cccc(C(C)(C)CN)n2)n1. The van der Waals surface area contributed by atoms with Gasteiger partial charge in [0.25, 0.3) is 0 Å². The number of hydrogen-bond donors (Lipinski definition) is 4. The summed E-state index contributed by atoms with van der Waals surface area (Å²) in [6, 6.07) is 13.0. The summed E-state index contributed by atoms with van der Waals surface area (Å²) in [4.78, 5) is 13.0. The van der Waals surface area contributed by atoms with Gasteiger partial charge in [0.2, 0.25) is 0 Å². The summed E-state index contributed by atoms with van der Waals surface area (Å²) < 4.78 is 14.7. The van der Waals surface area contributed by atoms with Crippen molar-refractivity contribution in [2.24, 2.45) is 11.5 Å². The van der Waals surface area contributed by atoms with E-state index in [1.165, 1.54) is 6.20 Å². The first kappa shape index (κ1) is 23.6. The fraction of sp³-hybridized carbons (Fsp3) is 0.250. The van der Waals surface area contributed by atoms with Crippen molar-refractivity contribution in [3.63, 3.8) is 0 Å². The second-order valence-corrected chi connectivity index (χ2v) is 8.27. The highest BCUT2D eigenvalue weighted by molar-refractivity contribution is 5.69. The van der Waals surface area contributed by atoms with Gasteiger partial charge in [0.05, 0.1) is 29.6 Å². The third kappa shape index (κ3) is 5.07. The quantitative estimate of drug-likeness (QED) is 0.432. The van der Waals surface area contributed by atoms with Crippen LogP contribution in [0.3, 0.4) is 0 Å². The Kier molecular flexibility index (Phi) is 6.89. The van der Waals surface area contributed by atoms with Crippen molar-refractivity contribution in [2.45, 2.75) is 32.7 Å². The molecule has 1 aromatic carbocycles. The smallest absolute Gasteiger partial charge is 0.193 e. The van der Waals surface area contributed by atoms with E-state index >= 15 is 0 Å². The molecule has 0 amide bonds. The van der Waals surface area contributed by atoms with Crippen molar-refractivity contribution in [3.05, 3.63) is 76.6 Å². The molecule has 3 aromatic rings. The zero-order valence-corrected chi connectivity index (χ0v) is 18.9. The van der Waals surface area contributed by atoms with E-state index in [4.69, 9.17) is 17.2 Å². The average molecular weight is 447 g/mol. The van der Waals surface area contributed by atoms with Gasteiger partial charge in [0, 0.05) is 29.4 Å². The van der Waals surface area contributed by atoms with E-state index in [2.05, 4.69) is 26.3 Å². The topological polar surface area (TPSA) is 153 Å². The lowest BCUT2D eigenvalue weighted by atomic mass is 9.89. The normalized spacial score (nSPS) is 11.8. The highest BCUT2D eigenvalue weighted by atomic mass is 19.1. The first-order valence-corrected chi connectivity index (χ1v) is 10.4. The van der Waals surface area contributed by atoms with Gasteiger partial charge in [-0.05, 0) is 30.7 Å². The standard InChI is InChI=1S/C24H27FN8/c1-14-15(10-26)6-4-8-17(14)23-32-21(20(25)22(29)33-23)18(28)12-30-11-16-7-5-9-19(31-16)24(2,3)13-27/h4-9,12,30H,11,13,27-28H2,1-3H3,(H2,29,32,33)/b18-12-. The molecule has 0 aliphatic carbocycles. The third-order valence-electron chi connectivity index (χ3n) is 5.40. The first-order valence-electron chi connectivity index (χ1n) is 10.4. The van der Waals surface area contributed by atoms with Crippen LogP contribution in [0.2, 0.25) is 0 Å². The number of aromatic nitrogens is 3. The molecule has 0 radical (unpaired) electrons. The molecule has 8 nitrogen and oxygen atoms in total. The Bertz CT molecular complexity index is 1240. The van der Waals surface area contributed by atoms with Crippen LogP contribution in [0.5, 0.6) is 0 Å². The van der Waals surface area contributed by atoms with Crippen LogP contribution < -0.4 is 22.5 Å². The van der Waals surface area contributed by atoms with Gasteiger partial charge in [-0.1, -0.05) is 32.0 Å². The van der Waals surface area contributed by atoms with Crippen LogP contribution in [0.4, 0.5) is 10.2 Å². The predicted octanol–water partition coefficient (Wildman–Crippen LogP) is 2.72. The molecule has 3 rings (SSSR count). The van der Waals surface area contributed by atoms with Crippen molar-refractivity contribution < 1.29 is 4.39 Å². The van der Waals surface area contributed by atoms with Crippen LogP contribution in [0.15, 0.2) is 42.6 Å². The lowest BCUT2D eigenvalue weighted by molar-refractivity contribution is 0.518. The molecule has 170 valence electrons. The number of hydrogen-bond acceptors (Lipinski definition) is 8. The summed E-state index contributed by atoms with van der Waals surface area (Å²) in [5.74, 6) is -0.951. The molecule has 0 bridgehead atoms. The highest BCUT2D eigenvalue weighted by Gasteiger charge is 2.20. The molecule has 2 aromatic heterocycles. The fourth-order valence-corrected chi connectivity index (χ4v) is 3.17. The Labute approximate surface area is 192 Å². The molecule has 0 saturated heterocycles. The highest BCUT2D eigenvalue weighted by Crippen LogP contribution is 2.26. The Morgan fingerprint density at radius 3 is 2.61 bits per heavy atom. The molecule has 0 fully saturated rings. The van der Waals surface area contributed by atoms with Crippen molar-refractivity contribution >= 4 is 11.5 Å². The molecule has 0 unspecified atom stereocenters. The summed E-state index contributed by atoms with van der Waals surface area (Å²) in [5, 5.41) is 12.3. The molecule has 33 heavy (non-hydrogen) atoms. The molecule has 0 aliphatic rings. The molecular formula is C24H27FN8. The zero-order valence-electron chi connectivity index (χ0n) is 18.9. The first-order chi connectivity index (χ1) is 15.7. The van der Waals surface area contributed by atoms with Crippen LogP contribution in [-0.2, 0) is 12.0 Å². The van der Waals surface area contributed by atoms with Gasteiger partial charge in [0.1, 0.15) is 5.69 Å². The summed E-state index contributed by atoms with van der Waals surface area (Å²) in [6.45, 7) is 6.66. The number of nitrogen functional groups attached to an aromatic ring is 1. The van der Waals surface area contributed by atoms with E-state index < -0.39 is 5.82 Å². The minimum absolute atomic E-state index is 0.0513. The number of nitrogens with two attached hydrogens (primary N) is 3. The van der Waals surface area contributed by atoms with E-state index in [0.717, 1.165) is 11.4 Å². The van der Waals surface area contributed by atoms with E-state index in [1.807, 2.05) is 32.0 Å². The third-order valence-corrected chi connectivity index (χ3v) is 5.40. The van der Waals surface area contributed by atoms with Crippen molar-refractivity contribution in [3.8, 4) is 17.5 Å². The summed E-state index contributed by atoms with van der Waals surface area (Å²) in [6.07, 6.45) is 1.45. The molecule has 0 saturated carbocycles. The molecule has 7 N–H and O–H groups in total. The van der Waals surface area contributed by atoms with Crippen molar-refractivity contribution in [1.29, 1.82) is 5.26 Å². The van der Waals surface area contributed by atoms with Gasteiger partial charge in [-0.15, -0.1) is 0 Å². The Morgan fingerprint density at radius 1 is 1.18 bits per heavy atom. The molecule has 9 heteroatoms. The van der Waals surface area contributed by atoms with E-state index in [9.17, 15) is 9.65 Å². The lowest BCUT2D eigenvalue weighted by Gasteiger charge is -2.22. The lowest BCUT2D eigenvalue weighted by Crippen LogP contribution is -2.29. The maximum Gasteiger partial charge on any atom is 0.193 e. The van der Waals surface area contributed by atoms with Gasteiger partial charge in [-0.3, -0.25) is 4.98 Å². The van der Waals surface area contributed by atoms with Gasteiger partial charge < -0.3 is 22.5 Å². The van der Waals surface area contributed by atoms with E-state index in [0.29, 0.717) is 29.8 Å². The maximum absolute atomic E-state index is 14.7. The van der Waals surface area contributed by atoms with E-state index in [-0.39, 0.29) is 28.4 Å². The Hall–Kier alpha value is -4.03. The number of rotatable bonds is 7. The van der Waals surface area contributed by atoms with Gasteiger partial charge in [-0.2, -0.15) is 5.26 Å². The summed E-state index contributed by atoms with van der Waals surface area (Å²) >= 11 is 0. The summed E-state index contributed by atoms with van der Waals surface area (Å²) in [5.41, 5.74) is 20.8. The zero-order chi connectivity index (χ0) is 24.2. The van der Waals surface area contributed by atoms with Gasteiger partial charge in [0.15, 0.2) is 17.5 Å². The van der Waals surface area contributed by atoms with Gasteiger partial charge >= 0.3 is 0 Å². The Morgan fingerprint density at radius 2 is 1.91 bits per heavy atom. The second kappa shape index (κ2) is 9.63. The second-order valence-electron chi connectivity index (χ2n) is 8.27. The van der Waals surface area contributed by atoms with E-state index in [1.54, 1.807) is 25.1 Å². The summed E-state index contributed by atoms with van der Waals surface area (Å²) in [7, 11) is 0. The van der Waals surface area contributed by atoms with Crippen LogP contribution in [0.25, 0.3) is 17.1 Å². The predicted molar refractivity (Wildman–Crippen MR) is 127 cm³/mol. The van der Waals surface area contributed by atoms with Gasteiger partial charge in [-0.25, -0.2) is 14.4 Å². The van der Waals surface area contributed by atoms with Crippen LogP contribution in [0.1, 0.15) is 42.1 Å². The molecular weight excluding hydrogens is 419 g/mol. The molecule has 0 spiro atoms. The number of nitrogens with one attached hydrogen (secondary N) is 1. The molecule has 0 atom stereocenters. The minimum atomic E-state index is -0.812. The number of halogens is 1. The number of anilines is 1. The molecule has 0 aliphatic heterocycles. The van der Waals surface area contributed by atoms with Crippen molar-refractivity contribution in [2.75, 3.05) is 12.3 Å². The fourth-order valence-electron chi connectivity index (χ4n) is 3.17. The number of pyridine rings is 1. The molecule has 2 heterocycles. The number of benzene rings is 1. The minimum Gasteiger partial charge on any atom is -0.396 e. The monoisotopic (exact) mass is 446 g/mol.